The Morgan fingerprint density at radius 3 is 2.46 bits per heavy atom. The number of aliphatic hydroxyl groups excluding tert-OH is 1. The molecule has 0 aromatic heterocycles. The molecule has 0 fully saturated rings. The molecule has 0 aliphatic rings. The lowest BCUT2D eigenvalue weighted by Gasteiger charge is -2.18. The van der Waals surface area contributed by atoms with Gasteiger partial charge in [0.1, 0.15) is 17.2 Å². The fourth-order valence-corrected chi connectivity index (χ4v) is 2.91. The summed E-state index contributed by atoms with van der Waals surface area (Å²) in [4.78, 5) is 0. The van der Waals surface area contributed by atoms with E-state index in [1.165, 1.54) is 18.2 Å². The summed E-state index contributed by atoms with van der Waals surface area (Å²) in [5.41, 5.74) is 2.24. The van der Waals surface area contributed by atoms with E-state index < -0.39 is 6.61 Å². The molecule has 3 N–H and O–H groups in total. The van der Waals surface area contributed by atoms with Crippen molar-refractivity contribution >= 4 is 0 Å². The third kappa shape index (κ3) is 4.83. The molecule has 0 aliphatic carbocycles. The summed E-state index contributed by atoms with van der Waals surface area (Å²) in [6.45, 7) is -0.734. The van der Waals surface area contributed by atoms with Crippen LogP contribution in [-0.4, -0.2) is 41.8 Å². The molecule has 7 heteroatoms. The van der Waals surface area contributed by atoms with Gasteiger partial charge in [-0.25, -0.2) is 0 Å². The molecule has 0 heterocycles. The van der Waals surface area contributed by atoms with Crippen molar-refractivity contribution in [3.05, 3.63) is 41.5 Å². The minimum Gasteiger partial charge on any atom is -0.508 e. The molecule has 0 unspecified atom stereocenters. The van der Waals surface area contributed by atoms with E-state index in [9.17, 15) is 19.0 Å². The molecule has 2 aromatic carbocycles. The lowest BCUT2D eigenvalue weighted by atomic mass is 9.90. The summed E-state index contributed by atoms with van der Waals surface area (Å²) in [5.74, 6) is -0.220. The van der Waals surface area contributed by atoms with Crippen LogP contribution in [0.1, 0.15) is 18.1 Å². The summed E-state index contributed by atoms with van der Waals surface area (Å²) >= 11 is 0. The molecule has 0 saturated heterocycles. The van der Waals surface area contributed by atoms with Crippen LogP contribution in [0, 0.1) is 0 Å². The summed E-state index contributed by atoms with van der Waals surface area (Å²) < 4.78 is 34.7. The smallest absolute Gasteiger partial charge is 0.387 e. The van der Waals surface area contributed by atoms with Gasteiger partial charge in [0, 0.05) is 11.6 Å². The van der Waals surface area contributed by atoms with E-state index in [0.717, 1.165) is 0 Å². The zero-order valence-electron chi connectivity index (χ0n) is 14.4. The largest absolute Gasteiger partial charge is 0.508 e. The highest BCUT2D eigenvalue weighted by atomic mass is 19.3. The van der Waals surface area contributed by atoms with E-state index in [0.29, 0.717) is 35.1 Å². The molecule has 2 aromatic rings. The monoisotopic (exact) mass is 368 g/mol. The van der Waals surface area contributed by atoms with Crippen molar-refractivity contribution in [1.82, 2.24) is 0 Å². The lowest BCUT2D eigenvalue weighted by Crippen LogP contribution is -2.07. The molecule has 0 aliphatic heterocycles. The third-order valence-electron chi connectivity index (χ3n) is 3.94. The number of ether oxygens (including phenoxy) is 2. The zero-order valence-corrected chi connectivity index (χ0v) is 14.4. The Kier molecular flexibility index (Phi) is 7.17. The van der Waals surface area contributed by atoms with E-state index in [2.05, 4.69) is 4.74 Å². The van der Waals surface area contributed by atoms with Crippen molar-refractivity contribution in [2.24, 2.45) is 0 Å². The van der Waals surface area contributed by atoms with Gasteiger partial charge in [-0.15, -0.1) is 0 Å². The number of hydrogen-bond acceptors (Lipinski definition) is 5. The molecular weight excluding hydrogens is 346 g/mol. The molecule has 0 radical (unpaired) electrons. The fraction of sp³-hybridized carbons (Fsp3) is 0.368. The Hall–Kier alpha value is -2.38. The Morgan fingerprint density at radius 1 is 1.04 bits per heavy atom. The number of aromatic hydroxyl groups is 2. The van der Waals surface area contributed by atoms with Gasteiger partial charge < -0.3 is 24.8 Å². The third-order valence-corrected chi connectivity index (χ3v) is 3.94. The number of benzene rings is 2. The van der Waals surface area contributed by atoms with Gasteiger partial charge in [-0.1, -0.05) is 19.1 Å². The van der Waals surface area contributed by atoms with Gasteiger partial charge in [0.25, 0.3) is 0 Å². The first-order chi connectivity index (χ1) is 12.5. The second kappa shape index (κ2) is 9.35. The molecule has 5 nitrogen and oxygen atoms in total. The van der Waals surface area contributed by atoms with Crippen LogP contribution in [0.25, 0.3) is 11.1 Å². The summed E-state index contributed by atoms with van der Waals surface area (Å²) in [6.07, 6.45) is 0.891. The number of hydrogen-bond donors (Lipinski definition) is 3. The van der Waals surface area contributed by atoms with E-state index in [1.54, 1.807) is 12.1 Å². The number of rotatable bonds is 9. The molecular formula is C19H22F2O5. The van der Waals surface area contributed by atoms with Crippen LogP contribution in [-0.2, 0) is 17.6 Å². The van der Waals surface area contributed by atoms with Crippen molar-refractivity contribution in [3.63, 3.8) is 0 Å². The van der Waals surface area contributed by atoms with Crippen LogP contribution in [0.3, 0.4) is 0 Å². The molecule has 0 bridgehead atoms. The lowest BCUT2D eigenvalue weighted by molar-refractivity contribution is -0.0498. The van der Waals surface area contributed by atoms with Crippen molar-refractivity contribution < 1.29 is 33.6 Å². The van der Waals surface area contributed by atoms with Crippen LogP contribution in [0.15, 0.2) is 30.3 Å². The SMILES string of the molecule is CCc1c(O)cc(O)c(-c2cccc(OC(F)F)c2)c1CCOCCO. The van der Waals surface area contributed by atoms with Crippen molar-refractivity contribution in [2.45, 2.75) is 26.4 Å². The quantitative estimate of drug-likeness (QED) is 0.591. The Morgan fingerprint density at radius 2 is 1.81 bits per heavy atom. The second-order valence-electron chi connectivity index (χ2n) is 5.59. The normalized spacial score (nSPS) is 11.1. The predicted molar refractivity (Wildman–Crippen MR) is 92.8 cm³/mol. The summed E-state index contributed by atoms with van der Waals surface area (Å²) in [5, 5.41) is 29.4. The topological polar surface area (TPSA) is 79.2 Å². The first-order valence-electron chi connectivity index (χ1n) is 8.28. The van der Waals surface area contributed by atoms with E-state index in [4.69, 9.17) is 9.84 Å². The van der Waals surface area contributed by atoms with E-state index in [-0.39, 0.29) is 37.1 Å². The van der Waals surface area contributed by atoms with Crippen LogP contribution in [0.5, 0.6) is 17.2 Å². The van der Waals surface area contributed by atoms with E-state index >= 15 is 0 Å². The first kappa shape index (κ1) is 19.9. The minimum atomic E-state index is -2.95. The van der Waals surface area contributed by atoms with Crippen LogP contribution in [0.4, 0.5) is 8.78 Å². The summed E-state index contributed by atoms with van der Waals surface area (Å²) in [6, 6.07) is 7.28. The first-order valence-corrected chi connectivity index (χ1v) is 8.28. The van der Waals surface area contributed by atoms with Crippen LogP contribution in [0.2, 0.25) is 0 Å². The maximum atomic E-state index is 12.5. The number of phenolic OH excluding ortho intramolecular Hbond substituents is 2. The van der Waals surface area contributed by atoms with E-state index in [1.807, 2.05) is 6.92 Å². The number of aliphatic hydroxyl groups is 1. The highest BCUT2D eigenvalue weighted by molar-refractivity contribution is 5.77. The maximum absolute atomic E-state index is 12.5. The van der Waals surface area contributed by atoms with Gasteiger partial charge >= 0.3 is 6.61 Å². The molecule has 0 atom stereocenters. The van der Waals surface area contributed by atoms with Gasteiger partial charge in [0.2, 0.25) is 0 Å². The van der Waals surface area contributed by atoms with Gasteiger partial charge in [-0.3, -0.25) is 0 Å². The molecule has 2 rings (SSSR count). The van der Waals surface area contributed by atoms with Gasteiger partial charge in [-0.2, -0.15) is 8.78 Å². The Balaban J connectivity index is 2.49. The van der Waals surface area contributed by atoms with Gasteiger partial charge in [0.05, 0.1) is 19.8 Å². The second-order valence-corrected chi connectivity index (χ2v) is 5.59. The standard InChI is InChI=1S/C19H22F2O5/c1-2-14-15(6-8-25-9-7-22)18(17(24)11-16(14)23)12-4-3-5-13(10-12)26-19(20)21/h3-5,10-11,19,22-24H,2,6-9H2,1H3. The van der Waals surface area contributed by atoms with Crippen molar-refractivity contribution in [2.75, 3.05) is 19.8 Å². The van der Waals surface area contributed by atoms with Gasteiger partial charge in [0.15, 0.2) is 0 Å². The fourth-order valence-electron chi connectivity index (χ4n) is 2.91. The van der Waals surface area contributed by atoms with Crippen LogP contribution >= 0.6 is 0 Å². The molecule has 0 amide bonds. The Labute approximate surface area is 150 Å². The Bertz CT molecular complexity index is 734. The zero-order chi connectivity index (χ0) is 19.1. The maximum Gasteiger partial charge on any atom is 0.387 e. The average molecular weight is 368 g/mol. The number of halogens is 2. The van der Waals surface area contributed by atoms with Crippen LogP contribution < -0.4 is 4.74 Å². The highest BCUT2D eigenvalue weighted by Crippen LogP contribution is 2.41. The average Bonchev–Trinajstić information content (AvgIpc) is 2.58. The van der Waals surface area contributed by atoms with Crippen molar-refractivity contribution in [1.29, 1.82) is 0 Å². The minimum absolute atomic E-state index is 0.0227. The highest BCUT2D eigenvalue weighted by Gasteiger charge is 2.19. The van der Waals surface area contributed by atoms with Crippen molar-refractivity contribution in [3.8, 4) is 28.4 Å². The number of phenols is 2. The molecule has 142 valence electrons. The number of alkyl halides is 2. The summed E-state index contributed by atoms with van der Waals surface area (Å²) in [7, 11) is 0. The van der Waals surface area contributed by atoms with Gasteiger partial charge in [-0.05, 0) is 41.7 Å². The molecule has 0 saturated carbocycles. The molecule has 26 heavy (non-hydrogen) atoms. The predicted octanol–water partition coefficient (Wildman–Crippen LogP) is 3.48. The molecule has 0 spiro atoms.